The van der Waals surface area contributed by atoms with E-state index in [1.807, 2.05) is 11.8 Å². The van der Waals surface area contributed by atoms with Crippen LogP contribution < -0.4 is 0 Å². The summed E-state index contributed by atoms with van der Waals surface area (Å²) in [6, 6.07) is 30.1. The molecule has 0 aliphatic heterocycles. The van der Waals surface area contributed by atoms with Crippen molar-refractivity contribution in [1.82, 2.24) is 0 Å². The van der Waals surface area contributed by atoms with E-state index in [1.165, 1.54) is 66.3 Å². The Balaban J connectivity index is 1.35. The molecule has 4 aromatic rings. The molecule has 0 aromatic heterocycles. The maximum atomic E-state index is 2.45. The van der Waals surface area contributed by atoms with Crippen LogP contribution in [0.3, 0.4) is 0 Å². The van der Waals surface area contributed by atoms with Crippen molar-refractivity contribution < 1.29 is 0 Å². The van der Waals surface area contributed by atoms with Crippen LogP contribution in [0.15, 0.2) is 88.7 Å². The quantitative estimate of drug-likeness (QED) is 0.292. The summed E-state index contributed by atoms with van der Waals surface area (Å²) in [6.07, 6.45) is 2.34. The van der Waals surface area contributed by atoms with Gasteiger partial charge in [-0.2, -0.15) is 0 Å². The smallest absolute Gasteiger partial charge is 0.0159 e. The van der Waals surface area contributed by atoms with Gasteiger partial charge in [0, 0.05) is 20.6 Å². The van der Waals surface area contributed by atoms with E-state index in [-0.39, 0.29) is 10.8 Å². The molecule has 34 heavy (non-hydrogen) atoms. The lowest BCUT2D eigenvalue weighted by Gasteiger charge is -2.23. The molecule has 2 aliphatic rings. The molecule has 0 fully saturated rings. The van der Waals surface area contributed by atoms with Gasteiger partial charge < -0.3 is 0 Å². The minimum absolute atomic E-state index is 0.0343. The van der Waals surface area contributed by atoms with Crippen LogP contribution in [0.5, 0.6) is 0 Å². The summed E-state index contributed by atoms with van der Waals surface area (Å²) in [6.45, 7) is 11.7. The van der Waals surface area contributed by atoms with Crippen LogP contribution in [-0.4, -0.2) is 0 Å². The SMILES string of the molecule is CCCc1ccc2c(c1)C(C)(C)c1cc(Sc3ccc4c(c3)C(C)(C)c3ccccc3-4)ccc1-2. The Morgan fingerprint density at radius 2 is 1.06 bits per heavy atom. The minimum atomic E-state index is 0.0343. The van der Waals surface area contributed by atoms with Crippen molar-refractivity contribution >= 4 is 11.8 Å². The summed E-state index contributed by atoms with van der Waals surface area (Å²) in [7, 11) is 0. The average Bonchev–Trinajstić information content (AvgIpc) is 3.19. The van der Waals surface area contributed by atoms with Gasteiger partial charge in [-0.15, -0.1) is 0 Å². The van der Waals surface area contributed by atoms with E-state index >= 15 is 0 Å². The third-order valence-corrected chi connectivity index (χ3v) is 9.02. The van der Waals surface area contributed by atoms with Gasteiger partial charge in [0.2, 0.25) is 0 Å². The topological polar surface area (TPSA) is 0 Å². The molecular weight excluding hydrogens is 428 g/mol. The Labute approximate surface area is 208 Å². The summed E-state index contributed by atoms with van der Waals surface area (Å²) in [5.41, 5.74) is 12.9. The van der Waals surface area contributed by atoms with Crippen LogP contribution in [0.2, 0.25) is 0 Å². The van der Waals surface area contributed by atoms with E-state index < -0.39 is 0 Å². The van der Waals surface area contributed by atoms with Crippen molar-refractivity contribution in [2.75, 3.05) is 0 Å². The summed E-state index contributed by atoms with van der Waals surface area (Å²) >= 11 is 1.89. The number of fused-ring (bicyclic) bond motifs is 6. The molecule has 0 radical (unpaired) electrons. The summed E-state index contributed by atoms with van der Waals surface area (Å²) < 4.78 is 0. The Bertz CT molecular complexity index is 1440. The third kappa shape index (κ3) is 3.13. The predicted molar refractivity (Wildman–Crippen MR) is 146 cm³/mol. The van der Waals surface area contributed by atoms with Crippen molar-refractivity contribution in [2.24, 2.45) is 0 Å². The molecule has 0 saturated carbocycles. The van der Waals surface area contributed by atoms with Crippen LogP contribution in [0.4, 0.5) is 0 Å². The monoisotopic (exact) mass is 460 g/mol. The van der Waals surface area contributed by atoms with E-state index in [0.717, 1.165) is 6.42 Å². The average molecular weight is 461 g/mol. The van der Waals surface area contributed by atoms with Crippen LogP contribution >= 0.6 is 11.8 Å². The number of aryl methyl sites for hydroxylation is 1. The molecule has 170 valence electrons. The molecule has 0 spiro atoms. The van der Waals surface area contributed by atoms with E-state index in [9.17, 15) is 0 Å². The van der Waals surface area contributed by atoms with Crippen molar-refractivity contribution in [3.63, 3.8) is 0 Å². The van der Waals surface area contributed by atoms with E-state index in [1.54, 1.807) is 0 Å². The number of rotatable bonds is 4. The van der Waals surface area contributed by atoms with Crippen molar-refractivity contribution in [3.05, 3.63) is 107 Å². The number of hydrogen-bond donors (Lipinski definition) is 0. The maximum absolute atomic E-state index is 2.45. The molecule has 1 heteroatoms. The lowest BCUT2D eigenvalue weighted by Crippen LogP contribution is -2.15. The maximum Gasteiger partial charge on any atom is 0.0159 e. The van der Waals surface area contributed by atoms with Crippen LogP contribution in [0.25, 0.3) is 22.3 Å². The largest absolute Gasteiger partial charge is 0.0901 e. The molecule has 0 saturated heterocycles. The normalized spacial score (nSPS) is 16.0. The fourth-order valence-electron chi connectivity index (χ4n) is 6.15. The van der Waals surface area contributed by atoms with Gasteiger partial charge in [-0.05, 0) is 80.8 Å². The molecule has 0 amide bonds. The minimum Gasteiger partial charge on any atom is -0.0901 e. The zero-order chi connectivity index (χ0) is 23.7. The second-order valence-electron chi connectivity index (χ2n) is 10.9. The Hall–Kier alpha value is -2.77. The molecule has 0 bridgehead atoms. The highest BCUT2D eigenvalue weighted by atomic mass is 32.2. The second kappa shape index (κ2) is 7.62. The first kappa shape index (κ1) is 21.7. The van der Waals surface area contributed by atoms with Gasteiger partial charge in [-0.1, -0.05) is 107 Å². The zero-order valence-corrected chi connectivity index (χ0v) is 21.6. The van der Waals surface area contributed by atoms with Gasteiger partial charge in [0.25, 0.3) is 0 Å². The highest BCUT2D eigenvalue weighted by molar-refractivity contribution is 7.99. The fraction of sp³-hybridized carbons (Fsp3) is 0.273. The lowest BCUT2D eigenvalue weighted by molar-refractivity contribution is 0.657. The van der Waals surface area contributed by atoms with Gasteiger partial charge in [-0.3, -0.25) is 0 Å². The highest BCUT2D eigenvalue weighted by Crippen LogP contribution is 2.52. The molecule has 0 unspecified atom stereocenters. The van der Waals surface area contributed by atoms with Crippen molar-refractivity contribution in [3.8, 4) is 22.3 Å². The molecule has 0 heterocycles. The Morgan fingerprint density at radius 1 is 0.559 bits per heavy atom. The second-order valence-corrected chi connectivity index (χ2v) is 12.1. The van der Waals surface area contributed by atoms with Crippen molar-refractivity contribution in [1.29, 1.82) is 0 Å². The van der Waals surface area contributed by atoms with Crippen LogP contribution in [-0.2, 0) is 17.3 Å². The zero-order valence-electron chi connectivity index (χ0n) is 20.8. The van der Waals surface area contributed by atoms with Gasteiger partial charge in [0.1, 0.15) is 0 Å². The van der Waals surface area contributed by atoms with Gasteiger partial charge in [0.15, 0.2) is 0 Å². The first-order valence-corrected chi connectivity index (χ1v) is 13.3. The first-order chi connectivity index (χ1) is 16.3. The highest BCUT2D eigenvalue weighted by Gasteiger charge is 2.37. The number of hydrogen-bond acceptors (Lipinski definition) is 1. The third-order valence-electron chi connectivity index (χ3n) is 8.04. The molecule has 0 atom stereocenters. The predicted octanol–water partition coefficient (Wildman–Crippen LogP) is 9.40. The van der Waals surface area contributed by atoms with E-state index in [0.29, 0.717) is 0 Å². The molecule has 4 aromatic carbocycles. The van der Waals surface area contributed by atoms with Crippen molar-refractivity contribution in [2.45, 2.75) is 68.1 Å². The molecule has 0 nitrogen and oxygen atoms in total. The van der Waals surface area contributed by atoms with Gasteiger partial charge in [0.05, 0.1) is 0 Å². The number of benzene rings is 4. The molecular formula is C33H32S. The van der Waals surface area contributed by atoms with Crippen LogP contribution in [0, 0.1) is 0 Å². The summed E-state index contributed by atoms with van der Waals surface area (Å²) in [5.74, 6) is 0. The van der Waals surface area contributed by atoms with E-state index in [2.05, 4.69) is 113 Å². The first-order valence-electron chi connectivity index (χ1n) is 12.5. The van der Waals surface area contributed by atoms with Gasteiger partial charge >= 0.3 is 0 Å². The van der Waals surface area contributed by atoms with Gasteiger partial charge in [-0.25, -0.2) is 0 Å². The Kier molecular flexibility index (Phi) is 4.87. The lowest BCUT2D eigenvalue weighted by atomic mass is 9.82. The molecule has 2 aliphatic carbocycles. The molecule has 6 rings (SSSR count). The fourth-order valence-corrected chi connectivity index (χ4v) is 7.05. The standard InChI is InChI=1S/C33H32S/c1-6-9-21-12-15-25-27-17-14-23(20-31(27)33(4,5)29(25)18-21)34-22-13-16-26-24-10-7-8-11-28(24)32(2,3)30(26)19-22/h7-8,10-20H,6,9H2,1-5H3. The van der Waals surface area contributed by atoms with E-state index in [4.69, 9.17) is 0 Å². The van der Waals surface area contributed by atoms with Crippen LogP contribution in [0.1, 0.15) is 68.9 Å². The summed E-state index contributed by atoms with van der Waals surface area (Å²) in [5, 5.41) is 0. The molecule has 0 N–H and O–H groups in total. The summed E-state index contributed by atoms with van der Waals surface area (Å²) in [4.78, 5) is 2.64. The Morgan fingerprint density at radius 3 is 1.68 bits per heavy atom.